The summed E-state index contributed by atoms with van der Waals surface area (Å²) in [6, 6.07) is 5.82. The SMILES string of the molecule is COc1ccc(CCC(=O)N2CC(C)(O)C2)cc1Br. The summed E-state index contributed by atoms with van der Waals surface area (Å²) in [6.45, 7) is 2.63. The molecule has 0 saturated carbocycles. The third-order valence-corrected chi connectivity index (χ3v) is 3.88. The third-order valence-electron chi connectivity index (χ3n) is 3.26. The highest BCUT2D eigenvalue weighted by molar-refractivity contribution is 9.10. The molecule has 0 radical (unpaired) electrons. The molecule has 0 unspecified atom stereocenters. The predicted octanol–water partition coefficient (Wildman–Crippen LogP) is 1.98. The maximum absolute atomic E-state index is 11.9. The molecule has 1 fully saturated rings. The van der Waals surface area contributed by atoms with Gasteiger partial charge in [0.2, 0.25) is 5.91 Å². The fraction of sp³-hybridized carbons (Fsp3) is 0.500. The molecule has 5 heteroatoms. The second-order valence-corrected chi connectivity index (χ2v) is 6.07. The van der Waals surface area contributed by atoms with Crippen molar-refractivity contribution >= 4 is 21.8 Å². The summed E-state index contributed by atoms with van der Waals surface area (Å²) in [5.41, 5.74) is 0.395. The molecule has 104 valence electrons. The van der Waals surface area contributed by atoms with Crippen LogP contribution >= 0.6 is 15.9 Å². The lowest BCUT2D eigenvalue weighted by Crippen LogP contribution is -2.61. The van der Waals surface area contributed by atoms with Crippen LogP contribution in [0.4, 0.5) is 0 Å². The zero-order valence-electron chi connectivity index (χ0n) is 11.1. The number of rotatable bonds is 4. The van der Waals surface area contributed by atoms with Crippen molar-refractivity contribution in [3.8, 4) is 5.75 Å². The average molecular weight is 328 g/mol. The Bertz CT molecular complexity index is 480. The summed E-state index contributed by atoms with van der Waals surface area (Å²) in [5, 5.41) is 9.60. The summed E-state index contributed by atoms with van der Waals surface area (Å²) in [7, 11) is 1.62. The van der Waals surface area contributed by atoms with Crippen molar-refractivity contribution < 1.29 is 14.6 Å². The van der Waals surface area contributed by atoms with E-state index in [9.17, 15) is 9.90 Å². The fourth-order valence-electron chi connectivity index (χ4n) is 2.23. The molecule has 4 nitrogen and oxygen atoms in total. The minimum absolute atomic E-state index is 0.0958. The Balaban J connectivity index is 1.86. The summed E-state index contributed by atoms with van der Waals surface area (Å²) in [5.74, 6) is 0.882. The standard InChI is InChI=1S/C14H18BrNO3/c1-14(18)8-16(9-14)13(17)6-4-10-3-5-12(19-2)11(15)7-10/h3,5,7,18H,4,6,8-9H2,1-2H3. The zero-order valence-corrected chi connectivity index (χ0v) is 12.7. The lowest BCUT2D eigenvalue weighted by molar-refractivity contribution is -0.152. The molecule has 0 aromatic heterocycles. The van der Waals surface area contributed by atoms with E-state index in [0.29, 0.717) is 25.9 Å². The summed E-state index contributed by atoms with van der Waals surface area (Å²) < 4.78 is 6.06. The molecule has 1 aliphatic rings. The second kappa shape index (κ2) is 5.51. The van der Waals surface area contributed by atoms with Crippen molar-refractivity contribution in [3.63, 3.8) is 0 Å². The molecule has 2 rings (SSSR count). The van der Waals surface area contributed by atoms with Crippen molar-refractivity contribution in [2.75, 3.05) is 20.2 Å². The predicted molar refractivity (Wildman–Crippen MR) is 76.2 cm³/mol. The minimum atomic E-state index is -0.696. The van der Waals surface area contributed by atoms with Crippen molar-refractivity contribution in [2.24, 2.45) is 0 Å². The lowest BCUT2D eigenvalue weighted by Gasteiger charge is -2.44. The van der Waals surface area contributed by atoms with Gasteiger partial charge in [0.25, 0.3) is 0 Å². The molecule has 1 amide bonds. The highest BCUT2D eigenvalue weighted by Gasteiger charge is 2.38. The molecule has 0 atom stereocenters. The number of amides is 1. The molecular weight excluding hydrogens is 310 g/mol. The Morgan fingerprint density at radius 3 is 2.74 bits per heavy atom. The van der Waals surface area contributed by atoms with Crippen LogP contribution in [-0.4, -0.2) is 41.7 Å². The first-order valence-electron chi connectivity index (χ1n) is 6.24. The number of likely N-dealkylation sites (tertiary alicyclic amines) is 1. The molecule has 1 N–H and O–H groups in total. The maximum Gasteiger partial charge on any atom is 0.223 e. The minimum Gasteiger partial charge on any atom is -0.496 e. The van der Waals surface area contributed by atoms with Crippen molar-refractivity contribution in [3.05, 3.63) is 28.2 Å². The normalized spacial score (nSPS) is 16.9. The van der Waals surface area contributed by atoms with Gasteiger partial charge in [-0.05, 0) is 47.0 Å². The van der Waals surface area contributed by atoms with Crippen LogP contribution in [0.5, 0.6) is 5.75 Å². The maximum atomic E-state index is 11.9. The molecule has 1 saturated heterocycles. The number of β-amino-alcohol motifs (C(OH)–C–C–N with tert-alkyl or cyclic N) is 1. The largest absolute Gasteiger partial charge is 0.496 e. The Labute approximate surface area is 121 Å². The smallest absolute Gasteiger partial charge is 0.223 e. The van der Waals surface area contributed by atoms with Crippen molar-refractivity contribution in [1.29, 1.82) is 0 Å². The van der Waals surface area contributed by atoms with Gasteiger partial charge in [0.1, 0.15) is 5.75 Å². The van der Waals surface area contributed by atoms with Crippen LogP contribution < -0.4 is 4.74 Å². The zero-order chi connectivity index (χ0) is 14.0. The average Bonchev–Trinajstić information content (AvgIpc) is 2.33. The first kappa shape index (κ1) is 14.3. The molecular formula is C14H18BrNO3. The van der Waals surface area contributed by atoms with E-state index in [2.05, 4.69) is 15.9 Å². The molecule has 0 spiro atoms. The van der Waals surface area contributed by atoms with Crippen molar-refractivity contribution in [1.82, 2.24) is 4.90 Å². The number of carbonyl (C=O) groups is 1. The molecule has 0 aliphatic carbocycles. The Morgan fingerprint density at radius 1 is 1.53 bits per heavy atom. The monoisotopic (exact) mass is 327 g/mol. The number of aryl methyl sites for hydroxylation is 1. The third kappa shape index (κ3) is 3.48. The molecule has 19 heavy (non-hydrogen) atoms. The summed E-state index contributed by atoms with van der Waals surface area (Å²) >= 11 is 3.43. The summed E-state index contributed by atoms with van der Waals surface area (Å²) in [6.07, 6.45) is 1.16. The van der Waals surface area contributed by atoms with Crippen LogP contribution in [0, 0.1) is 0 Å². The molecule has 0 bridgehead atoms. The van der Waals surface area contributed by atoms with E-state index >= 15 is 0 Å². The van der Waals surface area contributed by atoms with Crippen LogP contribution in [0.15, 0.2) is 22.7 Å². The Morgan fingerprint density at radius 2 is 2.21 bits per heavy atom. The quantitative estimate of drug-likeness (QED) is 0.920. The van der Waals surface area contributed by atoms with Crippen LogP contribution in [0.1, 0.15) is 18.9 Å². The molecule has 1 aromatic carbocycles. The first-order valence-corrected chi connectivity index (χ1v) is 7.03. The van der Waals surface area contributed by atoms with Gasteiger partial charge < -0.3 is 14.7 Å². The molecule has 1 heterocycles. The number of carbonyl (C=O) groups excluding carboxylic acids is 1. The first-order chi connectivity index (χ1) is 8.91. The van der Waals surface area contributed by atoms with E-state index in [-0.39, 0.29) is 5.91 Å². The summed E-state index contributed by atoms with van der Waals surface area (Å²) in [4.78, 5) is 13.6. The number of nitrogens with zero attached hydrogens (tertiary/aromatic N) is 1. The van der Waals surface area contributed by atoms with E-state index in [1.807, 2.05) is 18.2 Å². The van der Waals surface area contributed by atoms with Gasteiger partial charge in [-0.1, -0.05) is 6.07 Å². The van der Waals surface area contributed by atoms with Gasteiger partial charge in [-0.25, -0.2) is 0 Å². The van der Waals surface area contributed by atoms with Crippen LogP contribution in [-0.2, 0) is 11.2 Å². The Kier molecular flexibility index (Phi) is 4.16. The molecule has 1 aromatic rings. The van der Waals surface area contributed by atoms with Gasteiger partial charge in [-0.3, -0.25) is 4.79 Å². The van der Waals surface area contributed by atoms with Gasteiger partial charge in [-0.2, -0.15) is 0 Å². The highest BCUT2D eigenvalue weighted by atomic mass is 79.9. The topological polar surface area (TPSA) is 49.8 Å². The van der Waals surface area contributed by atoms with Gasteiger partial charge >= 0.3 is 0 Å². The number of ether oxygens (including phenoxy) is 1. The van der Waals surface area contributed by atoms with Crippen LogP contribution in [0.25, 0.3) is 0 Å². The highest BCUT2D eigenvalue weighted by Crippen LogP contribution is 2.26. The number of methoxy groups -OCH3 is 1. The Hall–Kier alpha value is -1.07. The van der Waals surface area contributed by atoms with Gasteiger partial charge in [0.05, 0.1) is 30.3 Å². The van der Waals surface area contributed by atoms with E-state index < -0.39 is 5.60 Å². The van der Waals surface area contributed by atoms with Crippen LogP contribution in [0.2, 0.25) is 0 Å². The van der Waals surface area contributed by atoms with Gasteiger partial charge in [0.15, 0.2) is 0 Å². The number of hydrogen-bond acceptors (Lipinski definition) is 3. The van der Waals surface area contributed by atoms with E-state index in [1.165, 1.54) is 0 Å². The second-order valence-electron chi connectivity index (χ2n) is 5.22. The number of aliphatic hydroxyl groups is 1. The van der Waals surface area contributed by atoms with Crippen molar-refractivity contribution in [2.45, 2.75) is 25.4 Å². The fourth-order valence-corrected chi connectivity index (χ4v) is 2.82. The van der Waals surface area contributed by atoms with E-state index in [1.54, 1.807) is 18.9 Å². The lowest BCUT2D eigenvalue weighted by atomic mass is 9.96. The van der Waals surface area contributed by atoms with E-state index in [0.717, 1.165) is 15.8 Å². The van der Waals surface area contributed by atoms with Gasteiger partial charge in [-0.15, -0.1) is 0 Å². The number of benzene rings is 1. The van der Waals surface area contributed by atoms with E-state index in [4.69, 9.17) is 4.74 Å². The van der Waals surface area contributed by atoms with Crippen LogP contribution in [0.3, 0.4) is 0 Å². The van der Waals surface area contributed by atoms with Gasteiger partial charge in [0, 0.05) is 6.42 Å². The molecule has 1 aliphatic heterocycles. The number of hydrogen-bond donors (Lipinski definition) is 1. The number of halogens is 1.